The highest BCUT2D eigenvalue weighted by Gasteiger charge is 2.32. The summed E-state index contributed by atoms with van der Waals surface area (Å²) in [7, 11) is 0. The first-order valence-electron chi connectivity index (χ1n) is 9.01. The lowest BCUT2D eigenvalue weighted by Crippen LogP contribution is -2.47. The van der Waals surface area contributed by atoms with E-state index in [0.717, 1.165) is 44.1 Å². The second-order valence-electron chi connectivity index (χ2n) is 6.75. The van der Waals surface area contributed by atoms with Gasteiger partial charge in [0.2, 0.25) is 6.10 Å². The molecule has 138 valence electrons. The molecule has 1 atom stereocenters. The van der Waals surface area contributed by atoms with E-state index in [2.05, 4.69) is 10.1 Å². The number of aryl methyl sites for hydroxylation is 1. The Morgan fingerprint density at radius 1 is 1.19 bits per heavy atom. The summed E-state index contributed by atoms with van der Waals surface area (Å²) in [4.78, 5) is 17.0. The van der Waals surface area contributed by atoms with Crippen LogP contribution in [-0.2, 0) is 11.3 Å². The monoisotopic (exact) mass is 357 g/mol. The highest BCUT2D eigenvalue weighted by atomic mass is 16.6. The number of benzene rings is 1. The number of carbonyl (C=O) groups is 1. The number of nitrogens with zero attached hydrogens (tertiary/aromatic N) is 3. The summed E-state index contributed by atoms with van der Waals surface area (Å²) in [6.07, 6.45) is 0.349. The van der Waals surface area contributed by atoms with Gasteiger partial charge >= 0.3 is 0 Å². The summed E-state index contributed by atoms with van der Waals surface area (Å²) in [6, 6.07) is 9.41. The van der Waals surface area contributed by atoms with E-state index < -0.39 is 6.10 Å². The number of carbonyl (C=O) groups excluding carboxylic acids is 1. The number of hydrogen-bond donors (Lipinski definition) is 0. The normalized spacial score (nSPS) is 20.7. The molecular weight excluding hydrogens is 334 g/mol. The van der Waals surface area contributed by atoms with Crippen LogP contribution < -0.4 is 9.47 Å². The van der Waals surface area contributed by atoms with Gasteiger partial charge in [0.15, 0.2) is 11.5 Å². The largest absolute Gasteiger partial charge is 0.485 e. The van der Waals surface area contributed by atoms with Crippen LogP contribution in [0.15, 0.2) is 34.9 Å². The predicted octanol–water partition coefficient (Wildman–Crippen LogP) is 1.86. The van der Waals surface area contributed by atoms with Crippen molar-refractivity contribution in [3.8, 4) is 11.5 Å². The Labute approximate surface area is 152 Å². The van der Waals surface area contributed by atoms with E-state index in [1.165, 1.54) is 0 Å². The molecule has 1 aromatic heterocycles. The maximum Gasteiger partial charge on any atom is 0.267 e. The van der Waals surface area contributed by atoms with Gasteiger partial charge in [-0.1, -0.05) is 17.3 Å². The molecule has 0 spiro atoms. The Morgan fingerprint density at radius 2 is 2.04 bits per heavy atom. The summed E-state index contributed by atoms with van der Waals surface area (Å²) < 4.78 is 16.7. The quantitative estimate of drug-likeness (QED) is 0.835. The van der Waals surface area contributed by atoms with Crippen LogP contribution >= 0.6 is 0 Å². The van der Waals surface area contributed by atoms with Gasteiger partial charge in [0.05, 0.1) is 5.69 Å². The van der Waals surface area contributed by atoms with Crippen molar-refractivity contribution in [3.63, 3.8) is 0 Å². The highest BCUT2D eigenvalue weighted by Crippen LogP contribution is 2.31. The predicted molar refractivity (Wildman–Crippen MR) is 94.1 cm³/mol. The first-order valence-corrected chi connectivity index (χ1v) is 9.01. The first kappa shape index (κ1) is 16.9. The van der Waals surface area contributed by atoms with E-state index in [1.807, 2.05) is 42.2 Å². The van der Waals surface area contributed by atoms with Crippen molar-refractivity contribution in [3.05, 3.63) is 41.8 Å². The van der Waals surface area contributed by atoms with E-state index in [-0.39, 0.29) is 12.5 Å². The van der Waals surface area contributed by atoms with Crippen LogP contribution in [0, 0.1) is 6.92 Å². The molecule has 4 rings (SSSR count). The van der Waals surface area contributed by atoms with Crippen molar-refractivity contribution in [2.45, 2.75) is 26.0 Å². The minimum Gasteiger partial charge on any atom is -0.485 e. The molecule has 0 saturated carbocycles. The van der Waals surface area contributed by atoms with Crippen molar-refractivity contribution >= 4 is 5.91 Å². The Bertz CT molecular complexity index is 776. The Hall–Kier alpha value is -2.54. The van der Waals surface area contributed by atoms with Crippen molar-refractivity contribution in [1.82, 2.24) is 15.0 Å². The topological polar surface area (TPSA) is 68.0 Å². The molecule has 1 aromatic carbocycles. The SMILES string of the molecule is Cc1cc(CN2CCCN(C(=O)C3COc4ccccc4O3)CC2)no1. The Balaban J connectivity index is 1.34. The zero-order chi connectivity index (χ0) is 17.9. The van der Waals surface area contributed by atoms with Gasteiger partial charge in [0.1, 0.15) is 12.4 Å². The summed E-state index contributed by atoms with van der Waals surface area (Å²) in [6.45, 7) is 6.04. The number of para-hydroxylation sites is 2. The number of hydrogen-bond acceptors (Lipinski definition) is 6. The summed E-state index contributed by atoms with van der Waals surface area (Å²) in [5.41, 5.74) is 0.933. The highest BCUT2D eigenvalue weighted by molar-refractivity contribution is 5.82. The molecule has 1 saturated heterocycles. The fraction of sp³-hybridized carbons (Fsp3) is 0.474. The van der Waals surface area contributed by atoms with Gasteiger partial charge in [0, 0.05) is 38.8 Å². The summed E-state index contributed by atoms with van der Waals surface area (Å²) >= 11 is 0. The molecule has 1 unspecified atom stereocenters. The molecular formula is C19H23N3O4. The number of aromatic nitrogens is 1. The molecule has 26 heavy (non-hydrogen) atoms. The third-order valence-electron chi connectivity index (χ3n) is 4.75. The standard InChI is InChI=1S/C19H23N3O4/c1-14-11-15(20-26-14)12-21-7-4-8-22(10-9-21)19(23)18-13-24-16-5-2-3-6-17(16)25-18/h2-3,5-6,11,18H,4,7-10,12-13H2,1H3. The average molecular weight is 357 g/mol. The van der Waals surface area contributed by atoms with Crippen molar-refractivity contribution in [1.29, 1.82) is 0 Å². The van der Waals surface area contributed by atoms with E-state index in [1.54, 1.807) is 0 Å². The Kier molecular flexibility index (Phi) is 4.79. The molecule has 1 fully saturated rings. The van der Waals surface area contributed by atoms with Crippen LogP contribution in [0.5, 0.6) is 11.5 Å². The maximum atomic E-state index is 12.9. The number of ether oxygens (including phenoxy) is 2. The van der Waals surface area contributed by atoms with E-state index in [4.69, 9.17) is 14.0 Å². The molecule has 2 aliphatic rings. The van der Waals surface area contributed by atoms with Gasteiger partial charge in [-0.25, -0.2) is 0 Å². The zero-order valence-corrected chi connectivity index (χ0v) is 14.9. The van der Waals surface area contributed by atoms with Gasteiger partial charge in [-0.3, -0.25) is 9.69 Å². The minimum atomic E-state index is -0.574. The van der Waals surface area contributed by atoms with Crippen LogP contribution in [0.25, 0.3) is 0 Å². The van der Waals surface area contributed by atoms with Crippen LogP contribution in [0.3, 0.4) is 0 Å². The molecule has 2 aliphatic heterocycles. The molecule has 2 aromatic rings. The fourth-order valence-electron chi connectivity index (χ4n) is 3.42. The van der Waals surface area contributed by atoms with Gasteiger partial charge < -0.3 is 18.9 Å². The Morgan fingerprint density at radius 3 is 2.85 bits per heavy atom. The molecule has 0 aliphatic carbocycles. The van der Waals surface area contributed by atoms with Gasteiger partial charge in [-0.15, -0.1) is 0 Å². The maximum absolute atomic E-state index is 12.9. The smallest absolute Gasteiger partial charge is 0.267 e. The van der Waals surface area contributed by atoms with Crippen LogP contribution in [-0.4, -0.2) is 59.8 Å². The zero-order valence-electron chi connectivity index (χ0n) is 14.9. The molecule has 0 radical (unpaired) electrons. The van der Waals surface area contributed by atoms with Gasteiger partial charge in [0.25, 0.3) is 5.91 Å². The lowest BCUT2D eigenvalue weighted by molar-refractivity contribution is -0.141. The van der Waals surface area contributed by atoms with Crippen molar-refractivity contribution in [2.75, 3.05) is 32.8 Å². The van der Waals surface area contributed by atoms with Crippen LogP contribution in [0.1, 0.15) is 17.9 Å². The second-order valence-corrected chi connectivity index (χ2v) is 6.75. The van der Waals surface area contributed by atoms with Crippen molar-refractivity contribution < 1.29 is 18.8 Å². The lowest BCUT2D eigenvalue weighted by Gasteiger charge is -2.30. The summed E-state index contributed by atoms with van der Waals surface area (Å²) in [5.74, 6) is 2.15. The van der Waals surface area contributed by atoms with Crippen LogP contribution in [0.4, 0.5) is 0 Å². The van der Waals surface area contributed by atoms with Gasteiger partial charge in [-0.05, 0) is 25.5 Å². The molecule has 0 N–H and O–H groups in total. The molecule has 3 heterocycles. The summed E-state index contributed by atoms with van der Waals surface area (Å²) in [5, 5.41) is 4.06. The van der Waals surface area contributed by atoms with Crippen molar-refractivity contribution in [2.24, 2.45) is 0 Å². The minimum absolute atomic E-state index is 0.00127. The van der Waals surface area contributed by atoms with Crippen LogP contribution in [0.2, 0.25) is 0 Å². The fourth-order valence-corrected chi connectivity index (χ4v) is 3.42. The van der Waals surface area contributed by atoms with Gasteiger partial charge in [-0.2, -0.15) is 0 Å². The van der Waals surface area contributed by atoms with E-state index in [0.29, 0.717) is 18.0 Å². The third kappa shape index (κ3) is 3.67. The lowest BCUT2D eigenvalue weighted by atomic mass is 10.2. The first-order chi connectivity index (χ1) is 12.7. The second kappa shape index (κ2) is 7.37. The number of amides is 1. The molecule has 7 nitrogen and oxygen atoms in total. The van der Waals surface area contributed by atoms with E-state index >= 15 is 0 Å². The molecule has 0 bridgehead atoms. The third-order valence-corrected chi connectivity index (χ3v) is 4.75. The molecule has 7 heteroatoms. The molecule has 1 amide bonds. The number of fused-ring (bicyclic) bond motifs is 1. The average Bonchev–Trinajstić information content (AvgIpc) is 2.93. The number of rotatable bonds is 3. The van der Waals surface area contributed by atoms with E-state index in [9.17, 15) is 4.79 Å².